The predicted octanol–water partition coefficient (Wildman–Crippen LogP) is 3.66. The minimum absolute atomic E-state index is 0.0253. The minimum Gasteiger partial charge on any atom is -0.493 e. The quantitative estimate of drug-likeness (QED) is 0.360. The van der Waals surface area contributed by atoms with Crippen LogP contribution >= 0.6 is 11.3 Å². The van der Waals surface area contributed by atoms with Crippen molar-refractivity contribution in [1.82, 2.24) is 4.57 Å². The SMILES string of the molecule is COc1ccc(NC(=O)C(C#N)=c2sc(=Cc3ccc(OC(F)F)cc3)c(=O)n2-c2ccccc2)cc1OC. The Labute approximate surface area is 225 Å². The lowest BCUT2D eigenvalue weighted by Crippen LogP contribution is -2.32. The fourth-order valence-electron chi connectivity index (χ4n) is 3.66. The zero-order valence-electron chi connectivity index (χ0n) is 20.7. The van der Waals surface area contributed by atoms with E-state index in [4.69, 9.17) is 9.47 Å². The van der Waals surface area contributed by atoms with Gasteiger partial charge < -0.3 is 19.5 Å². The maximum absolute atomic E-state index is 13.5. The molecule has 0 spiro atoms. The summed E-state index contributed by atoms with van der Waals surface area (Å²) in [4.78, 5) is 26.7. The van der Waals surface area contributed by atoms with Gasteiger partial charge in [0.25, 0.3) is 11.5 Å². The zero-order valence-corrected chi connectivity index (χ0v) is 21.5. The number of aromatic nitrogens is 1. The van der Waals surface area contributed by atoms with E-state index in [1.807, 2.05) is 6.07 Å². The molecule has 4 rings (SSSR count). The Hall–Kier alpha value is -4.95. The second-order valence-electron chi connectivity index (χ2n) is 7.85. The number of thiazole rings is 1. The number of carbonyl (C=O) groups excluding carboxylic acids is 1. The number of anilines is 1. The molecule has 1 amide bonds. The van der Waals surface area contributed by atoms with E-state index in [1.54, 1.807) is 54.6 Å². The standard InChI is InChI=1S/C28H21F2N3O5S/c1-36-22-13-10-18(15-23(22)37-2)32-25(34)21(16-31)27-33(19-6-4-3-5-7-19)26(35)24(39-27)14-17-8-11-20(12-9-17)38-28(29)30/h3-15,28H,1-2H3,(H,32,34). The summed E-state index contributed by atoms with van der Waals surface area (Å²) in [6, 6.07) is 21.0. The summed E-state index contributed by atoms with van der Waals surface area (Å²) in [7, 11) is 2.94. The van der Waals surface area contributed by atoms with Gasteiger partial charge in [0.05, 0.1) is 24.4 Å². The van der Waals surface area contributed by atoms with Gasteiger partial charge in [-0.3, -0.25) is 14.2 Å². The number of nitriles is 1. The van der Waals surface area contributed by atoms with Crippen LogP contribution in [0.3, 0.4) is 0 Å². The Morgan fingerprint density at radius 2 is 1.72 bits per heavy atom. The molecule has 1 N–H and O–H groups in total. The number of halogens is 2. The van der Waals surface area contributed by atoms with Crippen molar-refractivity contribution in [2.75, 3.05) is 19.5 Å². The van der Waals surface area contributed by atoms with Gasteiger partial charge in [0, 0.05) is 11.8 Å². The third kappa shape index (κ3) is 6.14. The van der Waals surface area contributed by atoms with Crippen molar-refractivity contribution < 1.29 is 27.8 Å². The van der Waals surface area contributed by atoms with E-state index in [1.165, 1.54) is 43.1 Å². The lowest BCUT2D eigenvalue weighted by molar-refractivity contribution is -0.111. The molecule has 0 atom stereocenters. The summed E-state index contributed by atoms with van der Waals surface area (Å²) in [5, 5.41) is 12.7. The lowest BCUT2D eigenvalue weighted by Gasteiger charge is -2.10. The van der Waals surface area contributed by atoms with Gasteiger partial charge >= 0.3 is 6.61 Å². The highest BCUT2D eigenvalue weighted by Gasteiger charge is 2.18. The summed E-state index contributed by atoms with van der Waals surface area (Å²) in [6.07, 6.45) is 1.54. The van der Waals surface area contributed by atoms with Crippen LogP contribution in [0.25, 0.3) is 17.3 Å². The van der Waals surface area contributed by atoms with Crippen molar-refractivity contribution >= 4 is 34.6 Å². The Bertz CT molecular complexity index is 1710. The topological polar surface area (TPSA) is 103 Å². The number of para-hydroxylation sites is 1. The summed E-state index contributed by atoms with van der Waals surface area (Å²) < 4.78 is 41.4. The van der Waals surface area contributed by atoms with Crippen LogP contribution in [-0.2, 0) is 4.79 Å². The molecular formula is C28H21F2N3O5S. The fourth-order valence-corrected chi connectivity index (χ4v) is 4.76. The third-order valence-electron chi connectivity index (χ3n) is 5.44. The molecule has 0 bridgehead atoms. The Morgan fingerprint density at radius 3 is 2.33 bits per heavy atom. The molecule has 4 aromatic rings. The van der Waals surface area contributed by atoms with E-state index in [0.717, 1.165) is 11.3 Å². The molecule has 0 aliphatic rings. The second-order valence-corrected chi connectivity index (χ2v) is 8.88. The number of amides is 1. The first-order valence-electron chi connectivity index (χ1n) is 11.4. The van der Waals surface area contributed by atoms with E-state index >= 15 is 0 Å². The first-order chi connectivity index (χ1) is 18.8. The average molecular weight is 550 g/mol. The van der Waals surface area contributed by atoms with E-state index in [-0.39, 0.29) is 20.5 Å². The van der Waals surface area contributed by atoms with Gasteiger partial charge in [0.2, 0.25) is 0 Å². The molecule has 0 saturated carbocycles. The smallest absolute Gasteiger partial charge is 0.387 e. The van der Waals surface area contributed by atoms with Crippen molar-refractivity contribution in [3.63, 3.8) is 0 Å². The number of ether oxygens (including phenoxy) is 3. The van der Waals surface area contributed by atoms with Crippen molar-refractivity contribution in [1.29, 1.82) is 5.26 Å². The second kappa shape index (κ2) is 12.1. The highest BCUT2D eigenvalue weighted by molar-refractivity contribution is 7.07. The highest BCUT2D eigenvalue weighted by atomic mass is 32.1. The number of nitrogens with zero attached hydrogens (tertiary/aromatic N) is 2. The molecule has 0 aliphatic carbocycles. The molecule has 8 nitrogen and oxygen atoms in total. The predicted molar refractivity (Wildman–Crippen MR) is 143 cm³/mol. The van der Waals surface area contributed by atoms with Gasteiger partial charge in [0.1, 0.15) is 16.5 Å². The molecule has 3 aromatic carbocycles. The Balaban J connectivity index is 1.84. The zero-order chi connectivity index (χ0) is 27.9. The Morgan fingerprint density at radius 1 is 1.03 bits per heavy atom. The molecule has 11 heteroatoms. The average Bonchev–Trinajstić information content (AvgIpc) is 3.25. The van der Waals surface area contributed by atoms with Crippen LogP contribution in [0, 0.1) is 11.3 Å². The van der Waals surface area contributed by atoms with Crippen LogP contribution in [0.2, 0.25) is 0 Å². The monoisotopic (exact) mass is 549 g/mol. The molecule has 0 aliphatic heterocycles. The van der Waals surface area contributed by atoms with Crippen LogP contribution in [0.5, 0.6) is 17.2 Å². The van der Waals surface area contributed by atoms with E-state index < -0.39 is 18.1 Å². The number of carbonyl (C=O) groups is 1. The third-order valence-corrected chi connectivity index (χ3v) is 6.53. The van der Waals surface area contributed by atoms with Crippen LogP contribution in [0.1, 0.15) is 5.56 Å². The maximum atomic E-state index is 13.5. The molecule has 1 heterocycles. The fraction of sp³-hybridized carbons (Fsp3) is 0.107. The molecule has 0 saturated heterocycles. The largest absolute Gasteiger partial charge is 0.493 e. The van der Waals surface area contributed by atoms with Gasteiger partial charge in [0.15, 0.2) is 17.1 Å². The summed E-state index contributed by atoms with van der Waals surface area (Å²) in [5.41, 5.74) is 0.612. The van der Waals surface area contributed by atoms with Crippen LogP contribution in [0.15, 0.2) is 77.6 Å². The van der Waals surface area contributed by atoms with Gasteiger partial charge in [-0.1, -0.05) is 30.3 Å². The van der Waals surface area contributed by atoms with Gasteiger partial charge in [-0.2, -0.15) is 14.0 Å². The summed E-state index contributed by atoms with van der Waals surface area (Å²) in [5.74, 6) is 0.0940. The molecule has 39 heavy (non-hydrogen) atoms. The van der Waals surface area contributed by atoms with Crippen LogP contribution in [0.4, 0.5) is 14.5 Å². The first kappa shape index (κ1) is 27.1. The van der Waals surface area contributed by atoms with Crippen molar-refractivity contribution in [2.24, 2.45) is 0 Å². The number of hydrogen-bond donors (Lipinski definition) is 1. The minimum atomic E-state index is -2.96. The number of alkyl halides is 2. The van der Waals surface area contributed by atoms with Crippen molar-refractivity contribution in [3.05, 3.63) is 97.9 Å². The first-order valence-corrected chi connectivity index (χ1v) is 12.2. The van der Waals surface area contributed by atoms with Crippen molar-refractivity contribution in [2.45, 2.75) is 6.61 Å². The molecule has 1 aromatic heterocycles. The maximum Gasteiger partial charge on any atom is 0.387 e. The number of nitrogens with one attached hydrogen (secondary N) is 1. The van der Waals surface area contributed by atoms with Crippen LogP contribution < -0.4 is 34.3 Å². The summed E-state index contributed by atoms with van der Waals surface area (Å²) in [6.45, 7) is -2.96. The normalized spacial score (nSPS) is 12.1. The van der Waals surface area contributed by atoms with Crippen LogP contribution in [-0.4, -0.2) is 31.3 Å². The Kier molecular flexibility index (Phi) is 8.38. The van der Waals surface area contributed by atoms with Crippen molar-refractivity contribution in [3.8, 4) is 29.0 Å². The molecule has 0 unspecified atom stereocenters. The van der Waals surface area contributed by atoms with Gasteiger partial charge in [-0.05, 0) is 48.0 Å². The van der Waals surface area contributed by atoms with E-state index in [2.05, 4.69) is 10.1 Å². The summed E-state index contributed by atoms with van der Waals surface area (Å²) >= 11 is 0.955. The number of methoxy groups -OCH3 is 2. The van der Waals surface area contributed by atoms with Gasteiger partial charge in [-0.25, -0.2) is 0 Å². The number of rotatable bonds is 8. The molecule has 198 valence electrons. The molecular weight excluding hydrogens is 528 g/mol. The van der Waals surface area contributed by atoms with E-state index in [0.29, 0.717) is 28.4 Å². The lowest BCUT2D eigenvalue weighted by atomic mass is 10.2. The highest BCUT2D eigenvalue weighted by Crippen LogP contribution is 2.29. The number of hydrogen-bond acceptors (Lipinski definition) is 7. The van der Waals surface area contributed by atoms with E-state index in [9.17, 15) is 23.6 Å². The molecule has 0 radical (unpaired) electrons. The molecule has 0 fully saturated rings. The van der Waals surface area contributed by atoms with Gasteiger partial charge in [-0.15, -0.1) is 11.3 Å². The number of benzene rings is 3.